The monoisotopic (exact) mass is 219 g/mol. The molecular formula is C8H7Cl2NO2. The molecule has 0 saturated heterocycles. The Bertz CT molecular complexity index is 276. The van der Waals surface area contributed by atoms with Gasteiger partial charge in [0.2, 0.25) is 0 Å². The van der Waals surface area contributed by atoms with Crippen LogP contribution in [0, 0.1) is 0 Å². The Labute approximate surface area is 85.6 Å². The molecule has 1 unspecified atom stereocenters. The van der Waals surface area contributed by atoms with Gasteiger partial charge in [0.1, 0.15) is 11.8 Å². The summed E-state index contributed by atoms with van der Waals surface area (Å²) < 4.78 is 4.51. The summed E-state index contributed by atoms with van der Waals surface area (Å²) in [6.07, 6.45) is 1.55. The number of alkyl halides is 1. The van der Waals surface area contributed by atoms with Crippen LogP contribution in [0.5, 0.6) is 0 Å². The van der Waals surface area contributed by atoms with Crippen LogP contribution in [0.3, 0.4) is 0 Å². The predicted octanol–water partition coefficient (Wildman–Crippen LogP) is 2.19. The van der Waals surface area contributed by atoms with Gasteiger partial charge in [-0.3, -0.25) is 4.79 Å². The van der Waals surface area contributed by atoms with Crippen LogP contribution in [0.1, 0.15) is 10.9 Å². The molecule has 0 radical (unpaired) electrons. The highest BCUT2D eigenvalue weighted by molar-refractivity contribution is 6.29. The summed E-state index contributed by atoms with van der Waals surface area (Å²) in [7, 11) is 0. The van der Waals surface area contributed by atoms with E-state index in [1.54, 1.807) is 18.3 Å². The third kappa shape index (κ3) is 3.20. The maximum atomic E-state index is 9.88. The molecule has 1 heterocycles. The Morgan fingerprint density at radius 1 is 1.62 bits per heavy atom. The van der Waals surface area contributed by atoms with E-state index in [4.69, 9.17) is 23.2 Å². The Morgan fingerprint density at radius 3 is 2.92 bits per heavy atom. The number of carbonyl (C=O) groups is 1. The number of hydrogen-bond donors (Lipinski definition) is 0. The molecule has 0 amide bonds. The molecule has 0 fully saturated rings. The lowest BCUT2D eigenvalue weighted by Gasteiger charge is -2.06. The molecule has 5 heteroatoms. The fourth-order valence-electron chi connectivity index (χ4n) is 0.793. The van der Waals surface area contributed by atoms with Gasteiger partial charge in [-0.2, -0.15) is 0 Å². The van der Waals surface area contributed by atoms with E-state index in [-0.39, 0.29) is 12.0 Å². The molecule has 0 aliphatic rings. The number of nitrogens with zero attached hydrogens (tertiary/aromatic N) is 1. The quantitative estimate of drug-likeness (QED) is 0.443. The van der Waals surface area contributed by atoms with Crippen molar-refractivity contribution in [2.45, 2.75) is 5.38 Å². The lowest BCUT2D eigenvalue weighted by molar-refractivity contribution is -0.128. The molecule has 0 aliphatic heterocycles. The molecule has 1 atom stereocenters. The van der Waals surface area contributed by atoms with E-state index >= 15 is 0 Å². The van der Waals surface area contributed by atoms with Crippen LogP contribution in [-0.4, -0.2) is 18.1 Å². The Morgan fingerprint density at radius 2 is 2.38 bits per heavy atom. The molecule has 13 heavy (non-hydrogen) atoms. The van der Waals surface area contributed by atoms with Crippen LogP contribution >= 0.6 is 23.2 Å². The molecule has 0 aliphatic carbocycles. The largest absolute Gasteiger partial charge is 0.466 e. The summed E-state index contributed by atoms with van der Waals surface area (Å²) in [6, 6.07) is 3.37. The lowest BCUT2D eigenvalue weighted by Crippen LogP contribution is -2.01. The van der Waals surface area contributed by atoms with E-state index in [2.05, 4.69) is 9.72 Å². The normalized spacial score (nSPS) is 12.2. The summed E-state index contributed by atoms with van der Waals surface area (Å²) in [5, 5.41) is 0.0267. The molecule has 1 aromatic heterocycles. The van der Waals surface area contributed by atoms with Gasteiger partial charge >= 0.3 is 0 Å². The van der Waals surface area contributed by atoms with Gasteiger partial charge in [-0.25, -0.2) is 4.98 Å². The van der Waals surface area contributed by atoms with Gasteiger partial charge < -0.3 is 4.74 Å². The minimum Gasteiger partial charge on any atom is -0.466 e. The third-order valence-corrected chi connectivity index (χ3v) is 2.02. The second-order valence-electron chi connectivity index (χ2n) is 2.31. The van der Waals surface area contributed by atoms with Crippen molar-refractivity contribution in [2.75, 3.05) is 6.61 Å². The van der Waals surface area contributed by atoms with Crippen molar-refractivity contribution in [1.82, 2.24) is 4.98 Å². The van der Waals surface area contributed by atoms with Gasteiger partial charge in [-0.1, -0.05) is 17.7 Å². The first-order valence-corrected chi connectivity index (χ1v) is 4.36. The van der Waals surface area contributed by atoms with Crippen LogP contribution in [-0.2, 0) is 9.53 Å². The van der Waals surface area contributed by atoms with Gasteiger partial charge in [0.25, 0.3) is 6.47 Å². The second kappa shape index (κ2) is 5.04. The number of halogens is 2. The van der Waals surface area contributed by atoms with E-state index in [0.717, 1.165) is 5.56 Å². The van der Waals surface area contributed by atoms with Crippen LogP contribution < -0.4 is 0 Å². The number of pyridine rings is 1. The van der Waals surface area contributed by atoms with Gasteiger partial charge in [-0.05, 0) is 11.6 Å². The first kappa shape index (κ1) is 10.3. The number of hydrogen-bond acceptors (Lipinski definition) is 3. The molecule has 0 bridgehead atoms. The zero-order chi connectivity index (χ0) is 9.68. The Kier molecular flexibility index (Phi) is 3.99. The van der Waals surface area contributed by atoms with Crippen molar-refractivity contribution in [1.29, 1.82) is 0 Å². The van der Waals surface area contributed by atoms with Gasteiger partial charge in [0, 0.05) is 6.20 Å². The molecule has 1 aromatic rings. The second-order valence-corrected chi connectivity index (χ2v) is 3.23. The molecule has 3 nitrogen and oxygen atoms in total. The van der Waals surface area contributed by atoms with Crippen molar-refractivity contribution in [3.8, 4) is 0 Å². The van der Waals surface area contributed by atoms with Gasteiger partial charge in [-0.15, -0.1) is 11.6 Å². The van der Waals surface area contributed by atoms with Crippen LogP contribution in [0.2, 0.25) is 5.15 Å². The minimum absolute atomic E-state index is 0.133. The first-order valence-electron chi connectivity index (χ1n) is 3.55. The first-order chi connectivity index (χ1) is 6.24. The fraction of sp³-hybridized carbons (Fsp3) is 0.250. The van der Waals surface area contributed by atoms with E-state index in [0.29, 0.717) is 11.6 Å². The van der Waals surface area contributed by atoms with Crippen molar-refractivity contribution < 1.29 is 9.53 Å². The maximum absolute atomic E-state index is 9.88. The van der Waals surface area contributed by atoms with Crippen molar-refractivity contribution in [3.05, 3.63) is 29.0 Å². The number of ether oxygens (including phenoxy) is 1. The lowest BCUT2D eigenvalue weighted by atomic mass is 10.2. The summed E-state index contributed by atoms with van der Waals surface area (Å²) in [4.78, 5) is 13.7. The van der Waals surface area contributed by atoms with E-state index in [9.17, 15) is 4.79 Å². The highest BCUT2D eigenvalue weighted by atomic mass is 35.5. The SMILES string of the molecule is O=COCC(Cl)c1ccc(Cl)nc1. The zero-order valence-electron chi connectivity index (χ0n) is 6.61. The Balaban J connectivity index is 2.60. The van der Waals surface area contributed by atoms with Crippen molar-refractivity contribution in [2.24, 2.45) is 0 Å². The molecule has 0 N–H and O–H groups in total. The van der Waals surface area contributed by atoms with Gasteiger partial charge in [0.05, 0.1) is 5.38 Å². The van der Waals surface area contributed by atoms with Gasteiger partial charge in [0.15, 0.2) is 0 Å². The van der Waals surface area contributed by atoms with E-state index in [1.165, 1.54) is 0 Å². The highest BCUT2D eigenvalue weighted by Gasteiger charge is 2.08. The number of rotatable bonds is 4. The third-order valence-electron chi connectivity index (χ3n) is 1.42. The summed E-state index contributed by atoms with van der Waals surface area (Å²) in [5.74, 6) is 0. The average Bonchev–Trinajstić information content (AvgIpc) is 2.15. The fourth-order valence-corrected chi connectivity index (χ4v) is 1.11. The van der Waals surface area contributed by atoms with Crippen LogP contribution in [0.15, 0.2) is 18.3 Å². The molecule has 0 aromatic carbocycles. The maximum Gasteiger partial charge on any atom is 0.293 e. The van der Waals surface area contributed by atoms with Crippen LogP contribution in [0.25, 0.3) is 0 Å². The average molecular weight is 220 g/mol. The highest BCUT2D eigenvalue weighted by Crippen LogP contribution is 2.20. The minimum atomic E-state index is -0.380. The molecule has 0 spiro atoms. The molecule has 70 valence electrons. The summed E-state index contributed by atoms with van der Waals surface area (Å²) in [5.41, 5.74) is 0.771. The smallest absolute Gasteiger partial charge is 0.293 e. The Hall–Kier alpha value is -0.800. The molecular weight excluding hydrogens is 213 g/mol. The van der Waals surface area contributed by atoms with E-state index in [1.807, 2.05) is 0 Å². The summed E-state index contributed by atoms with van der Waals surface area (Å²) in [6.45, 7) is 0.493. The topological polar surface area (TPSA) is 39.2 Å². The molecule has 1 rings (SSSR count). The number of carbonyl (C=O) groups excluding carboxylic acids is 1. The predicted molar refractivity (Wildman–Crippen MR) is 49.9 cm³/mol. The van der Waals surface area contributed by atoms with E-state index < -0.39 is 0 Å². The number of aromatic nitrogens is 1. The molecule has 0 saturated carbocycles. The van der Waals surface area contributed by atoms with Crippen LogP contribution in [0.4, 0.5) is 0 Å². The van der Waals surface area contributed by atoms with Crippen molar-refractivity contribution in [3.63, 3.8) is 0 Å². The standard InChI is InChI=1S/C8H7Cl2NO2/c9-7(4-13-5-12)6-1-2-8(10)11-3-6/h1-3,5,7H,4H2. The summed E-state index contributed by atoms with van der Waals surface area (Å²) >= 11 is 11.4. The van der Waals surface area contributed by atoms with Crippen molar-refractivity contribution >= 4 is 29.7 Å². The zero-order valence-corrected chi connectivity index (χ0v) is 8.13.